The van der Waals surface area contributed by atoms with E-state index in [2.05, 4.69) is 0 Å². The summed E-state index contributed by atoms with van der Waals surface area (Å²) in [7, 11) is 0. The molecule has 0 radical (unpaired) electrons. The average Bonchev–Trinajstić information content (AvgIpc) is 2.11. The molecule has 4 heteroatoms. The monoisotopic (exact) mass is 227 g/mol. The van der Waals surface area contributed by atoms with Crippen LogP contribution in [0.5, 0.6) is 0 Å². The van der Waals surface area contributed by atoms with E-state index in [0.29, 0.717) is 17.3 Å². The minimum absolute atomic E-state index is 0.193. The topological polar surface area (TPSA) is 52.3 Å². The lowest BCUT2D eigenvalue weighted by Gasteiger charge is -2.08. The number of nitrogen functional groups attached to an aromatic ring is 1. The first-order chi connectivity index (χ1) is 7.04. The second kappa shape index (κ2) is 5.03. The molecule has 0 aromatic heterocycles. The summed E-state index contributed by atoms with van der Waals surface area (Å²) in [5, 5.41) is 0.514. The molecule has 0 fully saturated rings. The third-order valence-corrected chi connectivity index (χ3v) is 2.40. The lowest BCUT2D eigenvalue weighted by Crippen LogP contribution is -2.09. The van der Waals surface area contributed by atoms with E-state index < -0.39 is 0 Å². The summed E-state index contributed by atoms with van der Waals surface area (Å²) >= 11 is 5.99. The molecule has 0 saturated carbocycles. The quantitative estimate of drug-likeness (QED) is 0.637. The van der Waals surface area contributed by atoms with Crippen molar-refractivity contribution in [2.75, 3.05) is 12.3 Å². The predicted octanol–water partition coefficient (Wildman–Crippen LogP) is 2.34. The van der Waals surface area contributed by atoms with E-state index in [1.54, 1.807) is 19.1 Å². The van der Waals surface area contributed by atoms with Gasteiger partial charge >= 0.3 is 5.97 Å². The van der Waals surface area contributed by atoms with Crippen LogP contribution in [0.4, 0.5) is 5.69 Å². The lowest BCUT2D eigenvalue weighted by molar-refractivity contribution is -0.142. The van der Waals surface area contributed by atoms with Crippen LogP contribution < -0.4 is 5.73 Å². The molecular formula is C11H14ClNO2. The van der Waals surface area contributed by atoms with E-state index in [-0.39, 0.29) is 12.4 Å². The van der Waals surface area contributed by atoms with Crippen molar-refractivity contribution in [1.82, 2.24) is 0 Å². The Hall–Kier alpha value is -1.22. The van der Waals surface area contributed by atoms with Gasteiger partial charge in [0.25, 0.3) is 0 Å². The van der Waals surface area contributed by atoms with Crippen molar-refractivity contribution in [2.24, 2.45) is 0 Å². The Morgan fingerprint density at radius 3 is 2.73 bits per heavy atom. The van der Waals surface area contributed by atoms with Gasteiger partial charge in [0.15, 0.2) is 0 Å². The van der Waals surface area contributed by atoms with Crippen molar-refractivity contribution < 1.29 is 9.53 Å². The van der Waals surface area contributed by atoms with Crippen LogP contribution in [0.3, 0.4) is 0 Å². The standard InChI is InChI=1S/C11H14ClNO2/c1-3-15-11(14)6-9-7(2)4-8(13)5-10(9)12/h4-5H,3,6,13H2,1-2H3. The highest BCUT2D eigenvalue weighted by Gasteiger charge is 2.11. The zero-order valence-electron chi connectivity index (χ0n) is 8.84. The van der Waals surface area contributed by atoms with Gasteiger partial charge in [0.1, 0.15) is 0 Å². The zero-order valence-corrected chi connectivity index (χ0v) is 9.60. The summed E-state index contributed by atoms with van der Waals surface area (Å²) in [6.45, 7) is 4.02. The summed E-state index contributed by atoms with van der Waals surface area (Å²) in [4.78, 5) is 11.3. The fourth-order valence-electron chi connectivity index (χ4n) is 1.38. The molecule has 2 N–H and O–H groups in total. The third kappa shape index (κ3) is 3.13. The summed E-state index contributed by atoms with van der Waals surface area (Å²) in [5.74, 6) is -0.271. The number of rotatable bonds is 3. The van der Waals surface area contributed by atoms with E-state index in [4.69, 9.17) is 22.1 Å². The number of ether oxygens (including phenoxy) is 1. The minimum Gasteiger partial charge on any atom is -0.466 e. The van der Waals surface area contributed by atoms with Crippen molar-refractivity contribution in [2.45, 2.75) is 20.3 Å². The Morgan fingerprint density at radius 2 is 2.20 bits per heavy atom. The van der Waals surface area contributed by atoms with Gasteiger partial charge in [-0.3, -0.25) is 4.79 Å². The van der Waals surface area contributed by atoms with Gasteiger partial charge in [-0.15, -0.1) is 0 Å². The minimum atomic E-state index is -0.271. The third-order valence-electron chi connectivity index (χ3n) is 2.07. The Balaban J connectivity index is 2.90. The number of anilines is 1. The van der Waals surface area contributed by atoms with Crippen molar-refractivity contribution in [3.63, 3.8) is 0 Å². The first kappa shape index (κ1) is 11.9. The molecule has 1 aromatic rings. The Labute approximate surface area is 94.2 Å². The van der Waals surface area contributed by atoms with Gasteiger partial charge in [-0.05, 0) is 37.1 Å². The summed E-state index contributed by atoms with van der Waals surface area (Å²) in [6.07, 6.45) is 0.193. The predicted molar refractivity (Wildman–Crippen MR) is 60.9 cm³/mol. The molecular weight excluding hydrogens is 214 g/mol. The van der Waals surface area contributed by atoms with Crippen molar-refractivity contribution in [3.05, 3.63) is 28.3 Å². The molecule has 0 atom stereocenters. The molecule has 1 aromatic carbocycles. The Kier molecular flexibility index (Phi) is 3.97. The van der Waals surface area contributed by atoms with Crippen LogP contribution >= 0.6 is 11.6 Å². The molecule has 0 unspecified atom stereocenters. The SMILES string of the molecule is CCOC(=O)Cc1c(C)cc(N)cc1Cl. The van der Waals surface area contributed by atoms with E-state index in [9.17, 15) is 4.79 Å². The number of carbonyl (C=O) groups is 1. The van der Waals surface area contributed by atoms with E-state index in [0.717, 1.165) is 11.1 Å². The number of esters is 1. The van der Waals surface area contributed by atoms with Crippen molar-refractivity contribution >= 4 is 23.3 Å². The normalized spacial score (nSPS) is 10.1. The molecule has 15 heavy (non-hydrogen) atoms. The van der Waals surface area contributed by atoms with Crippen LogP contribution in [0.15, 0.2) is 12.1 Å². The lowest BCUT2D eigenvalue weighted by atomic mass is 10.1. The summed E-state index contributed by atoms with van der Waals surface area (Å²) in [6, 6.07) is 3.43. The smallest absolute Gasteiger partial charge is 0.310 e. The average molecular weight is 228 g/mol. The number of hydrogen-bond donors (Lipinski definition) is 1. The molecule has 0 saturated heterocycles. The highest BCUT2D eigenvalue weighted by atomic mass is 35.5. The van der Waals surface area contributed by atoms with Gasteiger partial charge in [-0.1, -0.05) is 11.6 Å². The van der Waals surface area contributed by atoms with Crippen LogP contribution in [0.2, 0.25) is 5.02 Å². The number of halogens is 1. The maximum atomic E-state index is 11.3. The Morgan fingerprint density at radius 1 is 1.53 bits per heavy atom. The van der Waals surface area contributed by atoms with E-state index in [1.165, 1.54) is 0 Å². The maximum absolute atomic E-state index is 11.3. The second-order valence-corrected chi connectivity index (χ2v) is 3.69. The Bertz CT molecular complexity index is 354. The summed E-state index contributed by atoms with van der Waals surface area (Å²) < 4.78 is 4.86. The second-order valence-electron chi connectivity index (χ2n) is 3.28. The number of benzene rings is 1. The molecule has 0 aliphatic carbocycles. The van der Waals surface area contributed by atoms with E-state index >= 15 is 0 Å². The highest BCUT2D eigenvalue weighted by Crippen LogP contribution is 2.24. The molecule has 82 valence electrons. The van der Waals surface area contributed by atoms with Crippen LogP contribution in [0.25, 0.3) is 0 Å². The number of hydrogen-bond acceptors (Lipinski definition) is 3. The summed E-state index contributed by atoms with van der Waals surface area (Å²) in [5.41, 5.74) is 7.91. The highest BCUT2D eigenvalue weighted by molar-refractivity contribution is 6.31. The first-order valence-electron chi connectivity index (χ1n) is 4.74. The largest absolute Gasteiger partial charge is 0.466 e. The number of carbonyl (C=O) groups excluding carboxylic acids is 1. The molecule has 0 heterocycles. The van der Waals surface area contributed by atoms with Crippen LogP contribution in [0.1, 0.15) is 18.1 Å². The maximum Gasteiger partial charge on any atom is 0.310 e. The fourth-order valence-corrected chi connectivity index (χ4v) is 1.72. The fraction of sp³-hybridized carbons (Fsp3) is 0.364. The van der Waals surface area contributed by atoms with Crippen molar-refractivity contribution in [1.29, 1.82) is 0 Å². The molecule has 0 aliphatic rings. The molecule has 0 bridgehead atoms. The van der Waals surface area contributed by atoms with Crippen LogP contribution in [-0.4, -0.2) is 12.6 Å². The van der Waals surface area contributed by atoms with Crippen LogP contribution in [0, 0.1) is 6.92 Å². The molecule has 1 rings (SSSR count). The van der Waals surface area contributed by atoms with E-state index in [1.807, 2.05) is 6.92 Å². The number of nitrogens with two attached hydrogens (primary N) is 1. The van der Waals surface area contributed by atoms with Gasteiger partial charge in [0.05, 0.1) is 13.0 Å². The van der Waals surface area contributed by atoms with Gasteiger partial charge < -0.3 is 10.5 Å². The molecule has 3 nitrogen and oxygen atoms in total. The molecule has 0 aliphatic heterocycles. The first-order valence-corrected chi connectivity index (χ1v) is 5.12. The van der Waals surface area contributed by atoms with Crippen LogP contribution in [-0.2, 0) is 16.0 Å². The molecule has 0 amide bonds. The van der Waals surface area contributed by atoms with Gasteiger partial charge in [0, 0.05) is 10.7 Å². The van der Waals surface area contributed by atoms with Gasteiger partial charge in [-0.2, -0.15) is 0 Å². The van der Waals surface area contributed by atoms with Gasteiger partial charge in [-0.25, -0.2) is 0 Å². The number of aryl methyl sites for hydroxylation is 1. The zero-order chi connectivity index (χ0) is 11.4. The molecule has 0 spiro atoms. The van der Waals surface area contributed by atoms with Crippen molar-refractivity contribution in [3.8, 4) is 0 Å². The van der Waals surface area contributed by atoms with Gasteiger partial charge in [0.2, 0.25) is 0 Å².